The second-order valence-corrected chi connectivity index (χ2v) is 7.25. The minimum atomic E-state index is -1.30. The highest BCUT2D eigenvalue weighted by Gasteiger charge is 2.19. The molecule has 20 heavy (non-hydrogen) atoms. The summed E-state index contributed by atoms with van der Waals surface area (Å²) in [6.07, 6.45) is 1.56. The Morgan fingerprint density at radius 3 is 2.75 bits per heavy atom. The lowest BCUT2D eigenvalue weighted by atomic mass is 10.1. The van der Waals surface area contributed by atoms with Crippen molar-refractivity contribution in [1.82, 2.24) is 0 Å². The van der Waals surface area contributed by atoms with Crippen molar-refractivity contribution in [2.45, 2.75) is 25.5 Å². The maximum absolute atomic E-state index is 11.8. The van der Waals surface area contributed by atoms with Gasteiger partial charge in [-0.05, 0) is 38.5 Å². The number of carbonyl (C=O) groups is 1. The lowest BCUT2D eigenvalue weighted by Gasteiger charge is -2.12. The van der Waals surface area contributed by atoms with E-state index in [0.717, 1.165) is 5.56 Å². The van der Waals surface area contributed by atoms with E-state index in [2.05, 4.69) is 9.39 Å². The number of rotatable bonds is 3. The number of aliphatic imine (C=N–C) groups is 1. The summed E-state index contributed by atoms with van der Waals surface area (Å²) in [7, 11) is -1.30. The fraction of sp³-hybridized carbons (Fsp3) is 0.357. The quantitative estimate of drug-likeness (QED) is 0.631. The van der Waals surface area contributed by atoms with Crippen molar-refractivity contribution < 1.29 is 13.7 Å². The largest absolute Gasteiger partial charge is 0.406 e. The molecule has 1 aromatic rings. The highest BCUT2D eigenvalue weighted by molar-refractivity contribution is 7.85. The average Bonchev–Trinajstić information content (AvgIpc) is 2.82. The predicted molar refractivity (Wildman–Crippen MR) is 79.4 cm³/mol. The van der Waals surface area contributed by atoms with Crippen molar-refractivity contribution in [3.8, 4) is 0 Å². The number of hydrogen-bond acceptors (Lipinski definition) is 4. The van der Waals surface area contributed by atoms with E-state index >= 15 is 0 Å². The first-order valence-corrected chi connectivity index (χ1v) is 7.28. The summed E-state index contributed by atoms with van der Waals surface area (Å²) in [5.41, 5.74) is 1.49. The molecule has 0 bridgehead atoms. The zero-order valence-corrected chi connectivity index (χ0v) is 12.4. The van der Waals surface area contributed by atoms with Crippen LogP contribution < -0.4 is 0 Å². The van der Waals surface area contributed by atoms with E-state index in [9.17, 15) is 9.00 Å². The highest BCUT2D eigenvalue weighted by Crippen LogP contribution is 2.13. The van der Waals surface area contributed by atoms with Gasteiger partial charge in [0.25, 0.3) is 0 Å². The van der Waals surface area contributed by atoms with Gasteiger partial charge in [-0.15, -0.1) is 0 Å². The number of cyclic esters (lactones) is 1. The Balaban J connectivity index is 2.17. The molecule has 0 radical (unpaired) electrons. The molecule has 0 spiro atoms. The Bertz CT molecular complexity index is 615. The molecule has 0 fully saturated rings. The molecule has 0 saturated carbocycles. The Kier molecular flexibility index (Phi) is 4.13. The third kappa shape index (κ3) is 3.60. The maximum Gasteiger partial charge on any atom is 0.334 e. The molecule has 0 aliphatic carbocycles. The van der Waals surface area contributed by atoms with Crippen LogP contribution in [0.4, 0.5) is 0 Å². The van der Waals surface area contributed by atoms with E-state index < -0.39 is 11.0 Å². The maximum atomic E-state index is 11.8. The first-order chi connectivity index (χ1) is 9.36. The van der Waals surface area contributed by atoms with E-state index in [1.807, 2.05) is 32.9 Å². The number of carbonyl (C=O) groups excluding carboxylic acids is 1. The van der Waals surface area contributed by atoms with E-state index in [-0.39, 0.29) is 17.3 Å². The van der Waals surface area contributed by atoms with Gasteiger partial charge in [0, 0.05) is 11.8 Å². The molecule has 1 aromatic carbocycles. The Morgan fingerprint density at radius 2 is 2.15 bits per heavy atom. The van der Waals surface area contributed by atoms with Crippen molar-refractivity contribution in [3.63, 3.8) is 0 Å². The number of nitrogens with zero attached hydrogens (tertiary/aromatic N) is 2. The molecule has 1 unspecified atom stereocenters. The fourth-order valence-corrected chi connectivity index (χ4v) is 2.01. The van der Waals surface area contributed by atoms with Crippen LogP contribution in [0.25, 0.3) is 0 Å². The standard InChI is InChI=1S/C14H16N2O3S/c1-14(2,3)20(18)16-8-10-5-4-6-11(7-10)13-15-9-12(17)19-13/h4-8H,9H2,1-3H3. The lowest BCUT2D eigenvalue weighted by molar-refractivity contribution is -0.132. The van der Waals surface area contributed by atoms with E-state index in [4.69, 9.17) is 4.74 Å². The Morgan fingerprint density at radius 1 is 1.40 bits per heavy atom. The van der Waals surface area contributed by atoms with Gasteiger partial charge in [-0.1, -0.05) is 12.1 Å². The third-order valence-corrected chi connectivity index (χ3v) is 3.86. The summed E-state index contributed by atoms with van der Waals surface area (Å²) < 4.78 is 20.5. The van der Waals surface area contributed by atoms with E-state index in [0.29, 0.717) is 11.5 Å². The summed E-state index contributed by atoms with van der Waals surface area (Å²) in [6, 6.07) is 7.24. The number of ether oxygens (including phenoxy) is 1. The number of benzene rings is 1. The average molecular weight is 292 g/mol. The summed E-state index contributed by atoms with van der Waals surface area (Å²) in [6.45, 7) is 5.65. The minimum Gasteiger partial charge on any atom is -0.406 e. The molecule has 5 nitrogen and oxygen atoms in total. The van der Waals surface area contributed by atoms with Crippen LogP contribution in [0.15, 0.2) is 33.7 Å². The van der Waals surface area contributed by atoms with Gasteiger partial charge in [0.1, 0.15) is 17.5 Å². The topological polar surface area (TPSA) is 68.1 Å². The van der Waals surface area contributed by atoms with Crippen LogP contribution in [-0.4, -0.2) is 33.6 Å². The Hall–Kier alpha value is -1.82. The van der Waals surface area contributed by atoms with Crippen LogP contribution in [0.2, 0.25) is 0 Å². The van der Waals surface area contributed by atoms with Gasteiger partial charge in [-0.2, -0.15) is 4.40 Å². The second-order valence-electron chi connectivity index (χ2n) is 5.32. The SMILES string of the molecule is CC(C)(C)S(=O)N=Cc1cccc(C2=NCC(=O)O2)c1. The van der Waals surface area contributed by atoms with Crippen molar-refractivity contribution in [3.05, 3.63) is 35.4 Å². The number of esters is 1. The molecule has 0 N–H and O–H groups in total. The van der Waals surface area contributed by atoms with Gasteiger partial charge in [0.2, 0.25) is 5.90 Å². The smallest absolute Gasteiger partial charge is 0.334 e. The Labute approximate surface area is 120 Å². The van der Waals surface area contributed by atoms with Gasteiger partial charge < -0.3 is 4.74 Å². The van der Waals surface area contributed by atoms with Crippen LogP contribution in [0.3, 0.4) is 0 Å². The fourth-order valence-electron chi connectivity index (χ4n) is 1.48. The number of hydrogen-bond donors (Lipinski definition) is 0. The normalized spacial score (nSPS) is 17.1. The first-order valence-electron chi connectivity index (χ1n) is 6.18. The molecule has 2 rings (SSSR count). The van der Waals surface area contributed by atoms with Crippen LogP contribution >= 0.6 is 0 Å². The second kappa shape index (κ2) is 5.66. The van der Waals surface area contributed by atoms with E-state index in [1.165, 1.54) is 0 Å². The molecule has 0 amide bonds. The molecular formula is C14H16N2O3S. The zero-order chi connectivity index (χ0) is 14.8. The van der Waals surface area contributed by atoms with Gasteiger partial charge in [-0.25, -0.2) is 14.0 Å². The van der Waals surface area contributed by atoms with Gasteiger partial charge >= 0.3 is 5.97 Å². The molecule has 0 aromatic heterocycles. The summed E-state index contributed by atoms with van der Waals surface area (Å²) >= 11 is 0. The van der Waals surface area contributed by atoms with Crippen molar-refractivity contribution >= 4 is 29.1 Å². The monoisotopic (exact) mass is 292 g/mol. The first kappa shape index (κ1) is 14.6. The summed E-state index contributed by atoms with van der Waals surface area (Å²) in [5, 5.41) is 0. The summed E-state index contributed by atoms with van der Waals surface area (Å²) in [4.78, 5) is 15.0. The van der Waals surface area contributed by atoms with Gasteiger partial charge in [0.05, 0.1) is 4.75 Å². The zero-order valence-electron chi connectivity index (χ0n) is 11.6. The van der Waals surface area contributed by atoms with Crippen LogP contribution in [0.1, 0.15) is 31.9 Å². The van der Waals surface area contributed by atoms with Gasteiger partial charge in [-0.3, -0.25) is 0 Å². The van der Waals surface area contributed by atoms with Crippen molar-refractivity contribution in [2.75, 3.05) is 6.54 Å². The van der Waals surface area contributed by atoms with Crippen LogP contribution in [-0.2, 0) is 20.5 Å². The van der Waals surface area contributed by atoms with Crippen LogP contribution in [0.5, 0.6) is 0 Å². The third-order valence-electron chi connectivity index (χ3n) is 2.52. The highest BCUT2D eigenvalue weighted by atomic mass is 32.2. The van der Waals surface area contributed by atoms with Crippen molar-refractivity contribution in [2.24, 2.45) is 9.39 Å². The molecule has 1 aliphatic heterocycles. The molecule has 1 atom stereocenters. The predicted octanol–water partition coefficient (Wildman–Crippen LogP) is 1.87. The van der Waals surface area contributed by atoms with Crippen molar-refractivity contribution in [1.29, 1.82) is 0 Å². The molecule has 1 heterocycles. The molecule has 106 valence electrons. The molecule has 6 heteroatoms. The minimum absolute atomic E-state index is 0.0572. The van der Waals surface area contributed by atoms with E-state index in [1.54, 1.807) is 18.3 Å². The lowest BCUT2D eigenvalue weighted by Crippen LogP contribution is -2.19. The molecule has 0 saturated heterocycles. The van der Waals surface area contributed by atoms with Gasteiger partial charge in [0.15, 0.2) is 0 Å². The summed E-state index contributed by atoms with van der Waals surface area (Å²) in [5.74, 6) is -0.0323. The molecular weight excluding hydrogens is 276 g/mol. The van der Waals surface area contributed by atoms with Crippen LogP contribution in [0, 0.1) is 0 Å². The molecule has 1 aliphatic rings.